The van der Waals surface area contributed by atoms with E-state index >= 15 is 0 Å². The normalized spacial score (nSPS) is 15.2. The Kier molecular flexibility index (Phi) is 7.38. The summed E-state index contributed by atoms with van der Waals surface area (Å²) in [6, 6.07) is 10.8. The van der Waals surface area contributed by atoms with E-state index in [0.717, 1.165) is 12.1 Å². The van der Waals surface area contributed by atoms with E-state index in [1.54, 1.807) is 49.9 Å². The van der Waals surface area contributed by atoms with Crippen LogP contribution in [0.25, 0.3) is 0 Å². The predicted octanol–water partition coefficient (Wildman–Crippen LogP) is 3.76. The van der Waals surface area contributed by atoms with Gasteiger partial charge in [-0.15, -0.1) is 0 Å². The van der Waals surface area contributed by atoms with E-state index in [0.29, 0.717) is 37.2 Å². The number of carbonyl (C=O) groups excluding carboxylic acids is 2. The summed E-state index contributed by atoms with van der Waals surface area (Å²) in [6.07, 6.45) is 0.348. The molecular formula is C23H28FN3O5S. The molecule has 0 aromatic heterocycles. The second-order valence-electron chi connectivity index (χ2n) is 8.85. The van der Waals surface area contributed by atoms with Gasteiger partial charge in [-0.05, 0) is 82.1 Å². The van der Waals surface area contributed by atoms with Gasteiger partial charge in [-0.25, -0.2) is 22.3 Å². The van der Waals surface area contributed by atoms with Crippen molar-refractivity contribution >= 4 is 27.7 Å². The molecule has 0 unspecified atom stereocenters. The van der Waals surface area contributed by atoms with Crippen molar-refractivity contribution in [2.45, 2.75) is 50.2 Å². The number of likely N-dealkylation sites (tertiary alicyclic amines) is 1. The van der Waals surface area contributed by atoms with Crippen LogP contribution in [0.5, 0.6) is 0 Å². The first-order valence-electron chi connectivity index (χ1n) is 10.6. The standard InChI is InChI=1S/C23H28FN3O5S/c1-23(2,3)32-22(29)25-18-8-4-16(5-9-18)21(28)27-14-12-19(13-15-27)26-33(30,31)20-10-6-17(24)7-11-20/h4-11,19,26H,12-15H2,1-3H3,(H,25,29). The largest absolute Gasteiger partial charge is 0.444 e. The first kappa shape index (κ1) is 24.7. The summed E-state index contributed by atoms with van der Waals surface area (Å²) in [7, 11) is -3.76. The van der Waals surface area contributed by atoms with Crippen molar-refractivity contribution in [1.82, 2.24) is 9.62 Å². The molecule has 0 radical (unpaired) electrons. The average molecular weight is 478 g/mol. The Morgan fingerprint density at radius 2 is 1.58 bits per heavy atom. The second-order valence-corrected chi connectivity index (χ2v) is 10.6. The van der Waals surface area contributed by atoms with Crippen molar-refractivity contribution < 1.29 is 27.1 Å². The summed E-state index contributed by atoms with van der Waals surface area (Å²) in [6.45, 7) is 6.10. The van der Waals surface area contributed by atoms with Gasteiger partial charge in [0.25, 0.3) is 5.91 Å². The fraction of sp³-hybridized carbons (Fsp3) is 0.391. The third kappa shape index (κ3) is 7.00. The first-order valence-corrected chi connectivity index (χ1v) is 12.1. The Labute approximate surface area is 193 Å². The lowest BCUT2D eigenvalue weighted by Crippen LogP contribution is -2.46. The van der Waals surface area contributed by atoms with Gasteiger partial charge < -0.3 is 9.64 Å². The van der Waals surface area contributed by atoms with Gasteiger partial charge in [-0.2, -0.15) is 0 Å². The summed E-state index contributed by atoms with van der Waals surface area (Å²) in [5, 5.41) is 2.62. The number of benzene rings is 2. The third-order valence-electron chi connectivity index (χ3n) is 5.01. The number of nitrogens with zero attached hydrogens (tertiary/aromatic N) is 1. The number of anilines is 1. The Morgan fingerprint density at radius 1 is 1.00 bits per heavy atom. The molecule has 3 rings (SSSR count). The average Bonchev–Trinajstić information content (AvgIpc) is 2.73. The lowest BCUT2D eigenvalue weighted by atomic mass is 10.0. The predicted molar refractivity (Wildman–Crippen MR) is 122 cm³/mol. The van der Waals surface area contributed by atoms with Gasteiger partial charge in [0.1, 0.15) is 11.4 Å². The van der Waals surface area contributed by atoms with Crippen molar-refractivity contribution in [3.63, 3.8) is 0 Å². The maximum atomic E-state index is 13.1. The number of piperidine rings is 1. The molecule has 2 amide bonds. The summed E-state index contributed by atoms with van der Waals surface area (Å²) in [5.41, 5.74) is 0.365. The van der Waals surface area contributed by atoms with Crippen LogP contribution in [0.1, 0.15) is 44.0 Å². The van der Waals surface area contributed by atoms with Crippen LogP contribution in [0.2, 0.25) is 0 Å². The Bertz CT molecular complexity index is 1090. The molecule has 0 spiro atoms. The molecule has 2 aromatic carbocycles. The molecule has 2 aromatic rings. The zero-order valence-electron chi connectivity index (χ0n) is 18.8. The molecular weight excluding hydrogens is 449 g/mol. The molecule has 1 saturated heterocycles. The van der Waals surface area contributed by atoms with Gasteiger partial charge in [0, 0.05) is 30.4 Å². The zero-order valence-corrected chi connectivity index (χ0v) is 19.6. The highest BCUT2D eigenvalue weighted by Gasteiger charge is 2.27. The van der Waals surface area contributed by atoms with Crippen molar-refractivity contribution in [2.24, 2.45) is 0 Å². The highest BCUT2D eigenvalue weighted by molar-refractivity contribution is 7.89. The maximum absolute atomic E-state index is 13.1. The molecule has 178 valence electrons. The highest BCUT2D eigenvalue weighted by atomic mass is 32.2. The van der Waals surface area contributed by atoms with Crippen LogP contribution in [-0.2, 0) is 14.8 Å². The number of amides is 2. The number of ether oxygens (including phenoxy) is 1. The topological polar surface area (TPSA) is 105 Å². The molecule has 1 fully saturated rings. The molecule has 2 N–H and O–H groups in total. The van der Waals surface area contributed by atoms with Crippen LogP contribution in [0.15, 0.2) is 53.4 Å². The second kappa shape index (κ2) is 9.88. The zero-order chi connectivity index (χ0) is 24.2. The molecule has 10 heteroatoms. The Morgan fingerprint density at radius 3 is 2.12 bits per heavy atom. The number of hydrogen-bond donors (Lipinski definition) is 2. The lowest BCUT2D eigenvalue weighted by Gasteiger charge is -2.32. The molecule has 0 aliphatic carbocycles. The van der Waals surface area contributed by atoms with Crippen LogP contribution < -0.4 is 10.0 Å². The molecule has 1 aliphatic rings. The van der Waals surface area contributed by atoms with Crippen LogP contribution in [0.3, 0.4) is 0 Å². The monoisotopic (exact) mass is 477 g/mol. The Balaban J connectivity index is 1.52. The van der Waals surface area contributed by atoms with Gasteiger partial charge in [-0.3, -0.25) is 10.1 Å². The van der Waals surface area contributed by atoms with E-state index in [1.807, 2.05) is 0 Å². The summed E-state index contributed by atoms with van der Waals surface area (Å²) in [5.74, 6) is -0.673. The van der Waals surface area contributed by atoms with E-state index in [9.17, 15) is 22.4 Å². The van der Waals surface area contributed by atoms with Crippen molar-refractivity contribution in [3.8, 4) is 0 Å². The smallest absolute Gasteiger partial charge is 0.412 e. The molecule has 1 aliphatic heterocycles. The lowest BCUT2D eigenvalue weighted by molar-refractivity contribution is 0.0635. The van der Waals surface area contributed by atoms with Gasteiger partial charge in [0.2, 0.25) is 10.0 Å². The summed E-state index contributed by atoms with van der Waals surface area (Å²) in [4.78, 5) is 26.3. The minimum Gasteiger partial charge on any atom is -0.444 e. The van der Waals surface area contributed by atoms with Crippen LogP contribution >= 0.6 is 0 Å². The first-order chi connectivity index (χ1) is 15.4. The van der Waals surface area contributed by atoms with Crippen LogP contribution in [0, 0.1) is 5.82 Å². The van der Waals surface area contributed by atoms with E-state index in [-0.39, 0.29) is 16.8 Å². The fourth-order valence-corrected chi connectivity index (χ4v) is 4.71. The number of sulfonamides is 1. The van der Waals surface area contributed by atoms with Gasteiger partial charge in [-0.1, -0.05) is 0 Å². The molecule has 33 heavy (non-hydrogen) atoms. The fourth-order valence-electron chi connectivity index (χ4n) is 3.40. The third-order valence-corrected chi connectivity index (χ3v) is 6.54. The minimum absolute atomic E-state index is 0.00230. The summed E-state index contributed by atoms with van der Waals surface area (Å²) >= 11 is 0. The number of hydrogen-bond acceptors (Lipinski definition) is 5. The SMILES string of the molecule is CC(C)(C)OC(=O)Nc1ccc(C(=O)N2CCC(NS(=O)(=O)c3ccc(F)cc3)CC2)cc1. The number of halogens is 1. The highest BCUT2D eigenvalue weighted by Crippen LogP contribution is 2.19. The maximum Gasteiger partial charge on any atom is 0.412 e. The molecule has 0 saturated carbocycles. The quantitative estimate of drug-likeness (QED) is 0.682. The van der Waals surface area contributed by atoms with Gasteiger partial charge >= 0.3 is 6.09 Å². The van der Waals surface area contributed by atoms with E-state index in [2.05, 4.69) is 10.0 Å². The molecule has 0 atom stereocenters. The number of nitrogens with one attached hydrogen (secondary N) is 2. The van der Waals surface area contributed by atoms with E-state index < -0.39 is 27.5 Å². The summed E-state index contributed by atoms with van der Waals surface area (Å²) < 4.78 is 45.8. The van der Waals surface area contributed by atoms with E-state index in [1.165, 1.54) is 12.1 Å². The van der Waals surface area contributed by atoms with Crippen molar-refractivity contribution in [3.05, 3.63) is 59.9 Å². The van der Waals surface area contributed by atoms with Gasteiger partial charge in [0.15, 0.2) is 0 Å². The Hall–Kier alpha value is -2.98. The number of rotatable bonds is 5. The molecule has 1 heterocycles. The van der Waals surface area contributed by atoms with Crippen molar-refractivity contribution in [2.75, 3.05) is 18.4 Å². The number of carbonyl (C=O) groups is 2. The van der Waals surface area contributed by atoms with Crippen molar-refractivity contribution in [1.29, 1.82) is 0 Å². The molecule has 0 bridgehead atoms. The molecule has 8 nitrogen and oxygen atoms in total. The van der Waals surface area contributed by atoms with E-state index in [4.69, 9.17) is 4.74 Å². The van der Waals surface area contributed by atoms with Crippen LogP contribution in [0.4, 0.5) is 14.9 Å². The minimum atomic E-state index is -3.76. The van der Waals surface area contributed by atoms with Gasteiger partial charge in [0.05, 0.1) is 4.90 Å². The van der Waals surface area contributed by atoms with Crippen LogP contribution in [-0.4, -0.2) is 50.1 Å².